The second-order valence-electron chi connectivity index (χ2n) is 4.41. The second kappa shape index (κ2) is 6.66. The molecule has 1 atom stereocenters. The number of ether oxygens (including phenoxy) is 2. The average Bonchev–Trinajstić information content (AvgIpc) is 2.46. The maximum Gasteiger partial charge on any atom is 0.176 e. The summed E-state index contributed by atoms with van der Waals surface area (Å²) in [4.78, 5) is 0. The Morgan fingerprint density at radius 2 is 1.58 bits per heavy atom. The van der Waals surface area contributed by atoms with E-state index in [1.54, 1.807) is 0 Å². The van der Waals surface area contributed by atoms with Crippen LogP contribution in [0, 0.1) is 0 Å². The highest BCUT2D eigenvalue weighted by Gasteiger charge is 2.20. The highest BCUT2D eigenvalue weighted by Crippen LogP contribution is 2.22. The van der Waals surface area contributed by atoms with Crippen molar-refractivity contribution in [1.82, 2.24) is 0 Å². The first-order valence-electron chi connectivity index (χ1n) is 6.73. The number of hydrogen-bond acceptors (Lipinski definition) is 3. The Hall–Kier alpha value is -1.42. The molecule has 0 aliphatic heterocycles. The zero-order valence-electron chi connectivity index (χ0n) is 11.5. The molecule has 0 spiro atoms. The smallest absolute Gasteiger partial charge is 0.176 e. The highest BCUT2D eigenvalue weighted by molar-refractivity contribution is 5.83. The maximum atomic E-state index is 6.25. The Labute approximate surface area is 114 Å². The molecule has 0 aliphatic carbocycles. The Bertz CT molecular complexity index is 521. The van der Waals surface area contributed by atoms with Gasteiger partial charge in [0.15, 0.2) is 6.29 Å². The molecule has 0 radical (unpaired) electrons. The fourth-order valence-electron chi connectivity index (χ4n) is 2.16. The maximum absolute atomic E-state index is 6.25. The molecule has 3 nitrogen and oxygen atoms in total. The van der Waals surface area contributed by atoms with Gasteiger partial charge in [0, 0.05) is 13.2 Å². The van der Waals surface area contributed by atoms with E-state index in [1.807, 2.05) is 32.0 Å². The highest BCUT2D eigenvalue weighted by atomic mass is 16.7. The van der Waals surface area contributed by atoms with E-state index in [2.05, 4.69) is 24.3 Å². The van der Waals surface area contributed by atoms with Gasteiger partial charge in [-0.2, -0.15) is 0 Å². The van der Waals surface area contributed by atoms with Crippen molar-refractivity contribution >= 4 is 10.8 Å². The van der Waals surface area contributed by atoms with Gasteiger partial charge >= 0.3 is 0 Å². The molecule has 3 heteroatoms. The van der Waals surface area contributed by atoms with Crippen LogP contribution >= 0.6 is 0 Å². The zero-order valence-corrected chi connectivity index (χ0v) is 11.5. The van der Waals surface area contributed by atoms with Crippen molar-refractivity contribution < 1.29 is 9.47 Å². The van der Waals surface area contributed by atoms with Gasteiger partial charge in [0.2, 0.25) is 0 Å². The van der Waals surface area contributed by atoms with Crippen LogP contribution in [-0.2, 0) is 9.47 Å². The molecule has 2 rings (SSSR count). The van der Waals surface area contributed by atoms with Crippen LogP contribution in [0.2, 0.25) is 0 Å². The normalized spacial score (nSPS) is 13.1. The van der Waals surface area contributed by atoms with Gasteiger partial charge in [-0.15, -0.1) is 0 Å². The fourth-order valence-corrected chi connectivity index (χ4v) is 2.16. The molecular weight excluding hydrogens is 238 g/mol. The minimum Gasteiger partial charge on any atom is -0.351 e. The van der Waals surface area contributed by atoms with Crippen LogP contribution in [0.15, 0.2) is 42.5 Å². The number of benzene rings is 2. The summed E-state index contributed by atoms with van der Waals surface area (Å²) in [6.45, 7) is 5.07. The van der Waals surface area contributed by atoms with Gasteiger partial charge in [0.05, 0.1) is 6.04 Å². The Kier molecular flexibility index (Phi) is 4.91. The van der Waals surface area contributed by atoms with Gasteiger partial charge in [0.25, 0.3) is 0 Å². The Morgan fingerprint density at radius 1 is 0.947 bits per heavy atom. The molecular formula is C16H21NO2. The van der Waals surface area contributed by atoms with Crippen LogP contribution in [0.1, 0.15) is 25.5 Å². The van der Waals surface area contributed by atoms with Crippen LogP contribution in [0.5, 0.6) is 0 Å². The molecule has 0 aliphatic rings. The zero-order chi connectivity index (χ0) is 13.7. The SMILES string of the molecule is CCOC(OCC)[C@@H](N)c1ccc2ccccc2c1. The molecule has 0 saturated heterocycles. The van der Waals surface area contributed by atoms with E-state index < -0.39 is 6.29 Å². The lowest BCUT2D eigenvalue weighted by atomic mass is 10.0. The third-order valence-corrected chi connectivity index (χ3v) is 3.11. The summed E-state index contributed by atoms with van der Waals surface area (Å²) in [5, 5.41) is 2.39. The lowest BCUT2D eigenvalue weighted by Gasteiger charge is -2.24. The average molecular weight is 259 g/mol. The quantitative estimate of drug-likeness (QED) is 0.810. The predicted octanol–water partition coefficient (Wildman–Crippen LogP) is 3.24. The summed E-state index contributed by atoms with van der Waals surface area (Å²) < 4.78 is 11.1. The molecule has 102 valence electrons. The third-order valence-electron chi connectivity index (χ3n) is 3.11. The van der Waals surface area contributed by atoms with E-state index in [1.165, 1.54) is 10.8 Å². The summed E-state index contributed by atoms with van der Waals surface area (Å²) in [6, 6.07) is 14.2. The number of rotatable bonds is 6. The van der Waals surface area contributed by atoms with E-state index in [0.29, 0.717) is 13.2 Å². The van der Waals surface area contributed by atoms with Crippen LogP contribution < -0.4 is 5.73 Å². The van der Waals surface area contributed by atoms with E-state index in [4.69, 9.17) is 15.2 Å². The molecule has 0 fully saturated rings. The van der Waals surface area contributed by atoms with Gasteiger partial charge in [0.1, 0.15) is 0 Å². The van der Waals surface area contributed by atoms with Crippen LogP contribution in [0.4, 0.5) is 0 Å². The second-order valence-corrected chi connectivity index (χ2v) is 4.41. The van der Waals surface area contributed by atoms with Gasteiger partial charge in [-0.05, 0) is 36.2 Å². The van der Waals surface area contributed by atoms with Crippen LogP contribution in [0.25, 0.3) is 10.8 Å². The van der Waals surface area contributed by atoms with Gasteiger partial charge in [-0.1, -0.05) is 36.4 Å². The monoisotopic (exact) mass is 259 g/mol. The molecule has 0 bridgehead atoms. The first-order chi connectivity index (χ1) is 9.26. The van der Waals surface area contributed by atoms with E-state index in [-0.39, 0.29) is 6.04 Å². The van der Waals surface area contributed by atoms with Gasteiger partial charge < -0.3 is 15.2 Å². The van der Waals surface area contributed by atoms with Crippen molar-refractivity contribution in [1.29, 1.82) is 0 Å². The topological polar surface area (TPSA) is 44.5 Å². The predicted molar refractivity (Wildman–Crippen MR) is 77.9 cm³/mol. The molecule has 0 unspecified atom stereocenters. The molecule has 19 heavy (non-hydrogen) atoms. The minimum absolute atomic E-state index is 0.274. The van der Waals surface area contributed by atoms with E-state index in [0.717, 1.165) is 5.56 Å². The van der Waals surface area contributed by atoms with E-state index >= 15 is 0 Å². The van der Waals surface area contributed by atoms with Gasteiger partial charge in [-0.3, -0.25) is 0 Å². The minimum atomic E-state index is -0.392. The van der Waals surface area contributed by atoms with E-state index in [9.17, 15) is 0 Å². The molecule has 0 heterocycles. The van der Waals surface area contributed by atoms with Crippen molar-refractivity contribution in [3.05, 3.63) is 48.0 Å². The standard InChI is InChI=1S/C16H21NO2/c1-3-18-16(19-4-2)15(17)14-10-9-12-7-5-6-8-13(12)11-14/h5-11,15-16H,3-4,17H2,1-2H3/t15-/m0/s1. The molecule has 0 saturated carbocycles. The van der Waals surface area contributed by atoms with Gasteiger partial charge in [-0.25, -0.2) is 0 Å². The molecule has 2 aromatic rings. The summed E-state index contributed by atoms with van der Waals surface area (Å²) >= 11 is 0. The molecule has 0 aromatic heterocycles. The summed E-state index contributed by atoms with van der Waals surface area (Å²) in [5.41, 5.74) is 7.29. The first-order valence-corrected chi connectivity index (χ1v) is 6.73. The third kappa shape index (κ3) is 3.32. The molecule has 2 aromatic carbocycles. The summed E-state index contributed by atoms with van der Waals surface area (Å²) in [6.07, 6.45) is -0.392. The fraction of sp³-hybridized carbons (Fsp3) is 0.375. The van der Waals surface area contributed by atoms with Crippen LogP contribution in [0.3, 0.4) is 0 Å². The van der Waals surface area contributed by atoms with Crippen molar-refractivity contribution in [2.45, 2.75) is 26.2 Å². The van der Waals surface area contributed by atoms with Crippen LogP contribution in [-0.4, -0.2) is 19.5 Å². The van der Waals surface area contributed by atoms with Crippen molar-refractivity contribution in [2.75, 3.05) is 13.2 Å². The first kappa shape index (κ1) is 14.0. The number of fused-ring (bicyclic) bond motifs is 1. The molecule has 0 amide bonds. The summed E-state index contributed by atoms with van der Waals surface area (Å²) in [5.74, 6) is 0. The Balaban J connectivity index is 2.26. The summed E-state index contributed by atoms with van der Waals surface area (Å²) in [7, 11) is 0. The lowest BCUT2D eigenvalue weighted by molar-refractivity contribution is -0.149. The number of nitrogens with two attached hydrogens (primary N) is 1. The lowest BCUT2D eigenvalue weighted by Crippen LogP contribution is -2.31. The number of hydrogen-bond donors (Lipinski definition) is 1. The largest absolute Gasteiger partial charge is 0.351 e. The van der Waals surface area contributed by atoms with Crippen molar-refractivity contribution in [2.24, 2.45) is 5.73 Å². The molecule has 2 N–H and O–H groups in total. The van der Waals surface area contributed by atoms with Crippen molar-refractivity contribution in [3.8, 4) is 0 Å². The Morgan fingerprint density at radius 3 is 2.21 bits per heavy atom. The van der Waals surface area contributed by atoms with Crippen molar-refractivity contribution in [3.63, 3.8) is 0 Å².